The minimum Gasteiger partial charge on any atom is -0.465 e. The van der Waals surface area contributed by atoms with Gasteiger partial charge in [-0.05, 0) is 30.2 Å². The second-order valence-corrected chi connectivity index (χ2v) is 7.38. The molecule has 1 unspecified atom stereocenters. The van der Waals surface area contributed by atoms with Crippen molar-refractivity contribution in [3.63, 3.8) is 0 Å². The van der Waals surface area contributed by atoms with E-state index in [1.807, 2.05) is 34.5 Å². The third kappa shape index (κ3) is 3.63. The first-order valence-corrected chi connectivity index (χ1v) is 9.59. The number of aromatic nitrogens is 1. The third-order valence-corrected chi connectivity index (χ3v) is 5.29. The number of carbonyl (C=O) groups excluding carboxylic acids is 1. The van der Waals surface area contributed by atoms with Crippen LogP contribution in [0.15, 0.2) is 60.1 Å². The molecule has 0 N–H and O–H groups in total. The molecule has 4 nitrogen and oxygen atoms in total. The van der Waals surface area contributed by atoms with Crippen molar-refractivity contribution in [2.75, 3.05) is 13.1 Å². The Kier molecular flexibility index (Phi) is 4.71. The number of hydrogen-bond donors (Lipinski definition) is 0. The fraction of sp³-hybridized carbons (Fsp3) is 0.238. The Balaban J connectivity index is 1.41. The van der Waals surface area contributed by atoms with Gasteiger partial charge in [0.15, 0.2) is 0 Å². The Bertz CT molecular complexity index is 873. The lowest BCUT2D eigenvalue weighted by Gasteiger charge is -2.17. The number of benzene rings is 2. The molecule has 1 saturated heterocycles. The summed E-state index contributed by atoms with van der Waals surface area (Å²) in [4.78, 5) is 18.7. The second-order valence-electron chi connectivity index (χ2n) is 6.52. The summed E-state index contributed by atoms with van der Waals surface area (Å²) in [6.45, 7) is 3.40. The number of nitrogens with zero attached hydrogens (tertiary/aromatic N) is 2. The van der Waals surface area contributed by atoms with E-state index in [0.29, 0.717) is 18.3 Å². The molecule has 2 aromatic carbocycles. The largest absolute Gasteiger partial charge is 0.465 e. The maximum Gasteiger partial charge on any atom is 0.273 e. The molecule has 0 saturated carbocycles. The summed E-state index contributed by atoms with van der Waals surface area (Å²) in [6.07, 6.45) is 2.59. The zero-order valence-corrected chi connectivity index (χ0v) is 15.4. The lowest BCUT2D eigenvalue weighted by molar-refractivity contribution is 0.0772. The number of ether oxygens (including phenoxy) is 1. The first-order chi connectivity index (χ1) is 12.7. The van der Waals surface area contributed by atoms with Crippen LogP contribution >= 0.6 is 11.3 Å². The van der Waals surface area contributed by atoms with E-state index in [-0.39, 0.29) is 12.0 Å². The molecule has 0 spiro atoms. The molecule has 2 heterocycles. The Hall–Kier alpha value is -2.66. The van der Waals surface area contributed by atoms with Crippen molar-refractivity contribution in [1.82, 2.24) is 9.88 Å². The number of likely N-dealkylation sites (tertiary alicyclic amines) is 1. The van der Waals surface area contributed by atoms with E-state index in [2.05, 4.69) is 36.2 Å². The van der Waals surface area contributed by atoms with Gasteiger partial charge in [-0.2, -0.15) is 0 Å². The van der Waals surface area contributed by atoms with E-state index in [0.717, 1.165) is 23.1 Å². The van der Waals surface area contributed by atoms with Crippen LogP contribution in [0.25, 0.3) is 11.1 Å². The van der Waals surface area contributed by atoms with E-state index in [1.54, 1.807) is 6.20 Å². The highest BCUT2D eigenvalue weighted by molar-refractivity contribution is 7.11. The second kappa shape index (κ2) is 7.30. The van der Waals surface area contributed by atoms with Crippen molar-refractivity contribution in [3.8, 4) is 16.3 Å². The number of carbonyl (C=O) groups is 1. The molecule has 26 heavy (non-hydrogen) atoms. The van der Waals surface area contributed by atoms with Crippen LogP contribution in [0.5, 0.6) is 5.19 Å². The Labute approximate surface area is 157 Å². The van der Waals surface area contributed by atoms with Crippen LogP contribution in [0.4, 0.5) is 0 Å². The standard InChI is InChI=1S/C21H20N2O2S/c1-15-2-4-16(5-3-15)17-6-8-18(9-7-17)20(24)23-12-10-19(14-23)25-21-22-11-13-26-21/h2-9,11,13,19H,10,12,14H2,1H3. The van der Waals surface area contributed by atoms with Gasteiger partial charge in [0.05, 0.1) is 6.54 Å². The Morgan fingerprint density at radius 2 is 1.81 bits per heavy atom. The smallest absolute Gasteiger partial charge is 0.273 e. The number of thiazole rings is 1. The highest BCUT2D eigenvalue weighted by Gasteiger charge is 2.28. The maximum absolute atomic E-state index is 12.7. The third-order valence-electron chi connectivity index (χ3n) is 4.63. The van der Waals surface area contributed by atoms with Gasteiger partial charge in [0.25, 0.3) is 11.1 Å². The predicted octanol–water partition coefficient (Wildman–Crippen LogP) is 4.41. The molecule has 3 aromatic rings. The first kappa shape index (κ1) is 16.8. The molecule has 0 aliphatic carbocycles. The van der Waals surface area contributed by atoms with Crippen molar-refractivity contribution < 1.29 is 9.53 Å². The fourth-order valence-corrected chi connectivity index (χ4v) is 3.71. The first-order valence-electron chi connectivity index (χ1n) is 8.71. The molecule has 1 fully saturated rings. The molecule has 0 bridgehead atoms. The van der Waals surface area contributed by atoms with Crippen LogP contribution in [0.1, 0.15) is 22.3 Å². The summed E-state index contributed by atoms with van der Waals surface area (Å²) in [5, 5.41) is 2.56. The number of aryl methyl sites for hydroxylation is 1. The summed E-state index contributed by atoms with van der Waals surface area (Å²) >= 11 is 1.48. The van der Waals surface area contributed by atoms with Crippen molar-refractivity contribution in [2.24, 2.45) is 0 Å². The van der Waals surface area contributed by atoms with Gasteiger partial charge < -0.3 is 9.64 Å². The van der Waals surface area contributed by atoms with Gasteiger partial charge in [-0.15, -0.1) is 0 Å². The van der Waals surface area contributed by atoms with Crippen LogP contribution in [0.2, 0.25) is 0 Å². The molecule has 132 valence electrons. The number of hydrogen-bond acceptors (Lipinski definition) is 4. The van der Waals surface area contributed by atoms with Crippen molar-refractivity contribution in [2.45, 2.75) is 19.4 Å². The molecule has 1 amide bonds. The maximum atomic E-state index is 12.7. The molecular formula is C21H20N2O2S. The summed E-state index contributed by atoms with van der Waals surface area (Å²) in [7, 11) is 0. The van der Waals surface area contributed by atoms with Gasteiger partial charge in [0, 0.05) is 30.1 Å². The fourth-order valence-electron chi connectivity index (χ4n) is 3.15. The van der Waals surface area contributed by atoms with E-state index in [9.17, 15) is 4.79 Å². The lowest BCUT2D eigenvalue weighted by Crippen LogP contribution is -2.30. The zero-order valence-electron chi connectivity index (χ0n) is 14.6. The summed E-state index contributed by atoms with van der Waals surface area (Å²) in [5.41, 5.74) is 4.24. The highest BCUT2D eigenvalue weighted by Crippen LogP contribution is 2.23. The Morgan fingerprint density at radius 1 is 1.12 bits per heavy atom. The van der Waals surface area contributed by atoms with Gasteiger partial charge in [0.2, 0.25) is 0 Å². The molecule has 1 aliphatic heterocycles. The number of amides is 1. The normalized spacial score (nSPS) is 16.7. The van der Waals surface area contributed by atoms with Crippen LogP contribution < -0.4 is 4.74 Å². The van der Waals surface area contributed by atoms with Gasteiger partial charge in [-0.1, -0.05) is 53.3 Å². The van der Waals surface area contributed by atoms with Crippen LogP contribution in [0.3, 0.4) is 0 Å². The van der Waals surface area contributed by atoms with Crippen molar-refractivity contribution in [3.05, 3.63) is 71.2 Å². The average Bonchev–Trinajstić information content (AvgIpc) is 3.35. The van der Waals surface area contributed by atoms with E-state index in [4.69, 9.17) is 4.74 Å². The minimum absolute atomic E-state index is 0.0249. The average molecular weight is 364 g/mol. The van der Waals surface area contributed by atoms with E-state index in [1.165, 1.54) is 16.9 Å². The van der Waals surface area contributed by atoms with Gasteiger partial charge >= 0.3 is 0 Å². The zero-order chi connectivity index (χ0) is 17.9. The Morgan fingerprint density at radius 3 is 2.46 bits per heavy atom. The summed E-state index contributed by atoms with van der Waals surface area (Å²) < 4.78 is 5.83. The summed E-state index contributed by atoms with van der Waals surface area (Å²) in [5.74, 6) is 0.0608. The summed E-state index contributed by atoms with van der Waals surface area (Å²) in [6, 6.07) is 16.2. The van der Waals surface area contributed by atoms with Gasteiger partial charge in [-0.3, -0.25) is 4.79 Å². The quantitative estimate of drug-likeness (QED) is 0.688. The van der Waals surface area contributed by atoms with Crippen LogP contribution in [-0.4, -0.2) is 35.0 Å². The molecule has 1 aromatic heterocycles. The SMILES string of the molecule is Cc1ccc(-c2ccc(C(=O)N3CCC(Oc4nccs4)C3)cc2)cc1. The van der Waals surface area contributed by atoms with Crippen molar-refractivity contribution in [1.29, 1.82) is 0 Å². The van der Waals surface area contributed by atoms with E-state index < -0.39 is 0 Å². The molecule has 1 aliphatic rings. The van der Waals surface area contributed by atoms with Crippen LogP contribution in [0, 0.1) is 6.92 Å². The highest BCUT2D eigenvalue weighted by atomic mass is 32.1. The van der Waals surface area contributed by atoms with Crippen molar-refractivity contribution >= 4 is 17.2 Å². The topological polar surface area (TPSA) is 42.4 Å². The monoisotopic (exact) mass is 364 g/mol. The predicted molar refractivity (Wildman–Crippen MR) is 104 cm³/mol. The van der Waals surface area contributed by atoms with E-state index >= 15 is 0 Å². The minimum atomic E-state index is 0.0249. The lowest BCUT2D eigenvalue weighted by atomic mass is 10.0. The van der Waals surface area contributed by atoms with Crippen LogP contribution in [-0.2, 0) is 0 Å². The molecule has 1 atom stereocenters. The van der Waals surface area contributed by atoms with Gasteiger partial charge in [-0.25, -0.2) is 4.98 Å². The van der Waals surface area contributed by atoms with Gasteiger partial charge in [0.1, 0.15) is 6.10 Å². The molecule has 5 heteroatoms. The molecule has 4 rings (SSSR count). The number of rotatable bonds is 4. The molecule has 0 radical (unpaired) electrons. The molecular weight excluding hydrogens is 344 g/mol.